The number of hydrogen-bond acceptors (Lipinski definition) is 5. The van der Waals surface area contributed by atoms with Gasteiger partial charge >= 0.3 is 0 Å². The van der Waals surface area contributed by atoms with Gasteiger partial charge in [-0.3, -0.25) is 0 Å². The molecule has 1 saturated heterocycles. The Morgan fingerprint density at radius 2 is 2.44 bits per heavy atom. The number of aromatic nitrogens is 2. The van der Waals surface area contributed by atoms with Crippen LogP contribution in [0.1, 0.15) is 18.5 Å². The molecular weight excluding hydrogens is 206 g/mol. The summed E-state index contributed by atoms with van der Waals surface area (Å²) in [5.74, 6) is 0.635. The number of hydrogen-bond donors (Lipinski definition) is 1. The van der Waals surface area contributed by atoms with Crippen molar-refractivity contribution in [2.45, 2.75) is 25.6 Å². The van der Waals surface area contributed by atoms with Crippen LogP contribution in [0.25, 0.3) is 0 Å². The van der Waals surface area contributed by atoms with Crippen molar-refractivity contribution in [3.63, 3.8) is 0 Å². The van der Waals surface area contributed by atoms with Crippen molar-refractivity contribution in [3.05, 3.63) is 18.1 Å². The van der Waals surface area contributed by atoms with E-state index in [0.29, 0.717) is 12.5 Å². The number of piperidine rings is 1. The van der Waals surface area contributed by atoms with E-state index in [1.165, 1.54) is 6.33 Å². The van der Waals surface area contributed by atoms with Gasteiger partial charge < -0.3 is 14.8 Å². The van der Waals surface area contributed by atoms with Crippen LogP contribution >= 0.6 is 0 Å². The van der Waals surface area contributed by atoms with Crippen LogP contribution in [0.5, 0.6) is 5.88 Å². The molecular formula is C11H17N3O2. The number of rotatable bonds is 4. The van der Waals surface area contributed by atoms with Crippen molar-refractivity contribution in [1.82, 2.24) is 15.3 Å². The minimum absolute atomic E-state index is 0.221. The lowest BCUT2D eigenvalue weighted by Crippen LogP contribution is -2.37. The Balaban J connectivity index is 1.94. The molecule has 0 bridgehead atoms. The van der Waals surface area contributed by atoms with Crippen LogP contribution in [-0.4, -0.2) is 36.3 Å². The zero-order valence-corrected chi connectivity index (χ0v) is 9.48. The predicted octanol–water partition coefficient (Wildman–Crippen LogP) is 0.754. The molecule has 1 N–H and O–H groups in total. The molecule has 16 heavy (non-hydrogen) atoms. The van der Waals surface area contributed by atoms with E-state index >= 15 is 0 Å². The summed E-state index contributed by atoms with van der Waals surface area (Å²) in [6, 6.07) is 1.83. The number of ether oxygens (including phenoxy) is 2. The first-order valence-electron chi connectivity index (χ1n) is 5.55. The lowest BCUT2D eigenvalue weighted by Gasteiger charge is -2.23. The van der Waals surface area contributed by atoms with Crippen molar-refractivity contribution in [3.8, 4) is 5.88 Å². The fourth-order valence-corrected chi connectivity index (χ4v) is 1.76. The molecule has 1 atom stereocenters. The standard InChI is InChI=1S/C11H17N3O2/c1-15-7-9-5-11(14-8-13-9)16-10-3-2-4-12-6-10/h5,8,10,12H,2-4,6-7H2,1H3/t10-/m0/s1. The second-order valence-electron chi connectivity index (χ2n) is 3.87. The molecule has 1 aliphatic rings. The van der Waals surface area contributed by atoms with Gasteiger partial charge in [-0.05, 0) is 19.4 Å². The topological polar surface area (TPSA) is 56.3 Å². The first-order valence-corrected chi connectivity index (χ1v) is 5.55. The molecule has 0 saturated carbocycles. The predicted molar refractivity (Wildman–Crippen MR) is 59.3 cm³/mol. The second-order valence-corrected chi connectivity index (χ2v) is 3.87. The van der Waals surface area contributed by atoms with Gasteiger partial charge in [0.05, 0.1) is 12.3 Å². The molecule has 1 fully saturated rings. The Morgan fingerprint density at radius 1 is 1.50 bits per heavy atom. The van der Waals surface area contributed by atoms with Crippen molar-refractivity contribution >= 4 is 0 Å². The maximum Gasteiger partial charge on any atom is 0.216 e. The lowest BCUT2D eigenvalue weighted by molar-refractivity contribution is 0.157. The third-order valence-corrected chi connectivity index (χ3v) is 2.53. The fourth-order valence-electron chi connectivity index (χ4n) is 1.76. The molecule has 0 spiro atoms. The monoisotopic (exact) mass is 223 g/mol. The number of nitrogens with one attached hydrogen (secondary N) is 1. The smallest absolute Gasteiger partial charge is 0.216 e. The van der Waals surface area contributed by atoms with Gasteiger partial charge in [-0.2, -0.15) is 0 Å². The highest BCUT2D eigenvalue weighted by Crippen LogP contribution is 2.13. The molecule has 0 unspecified atom stereocenters. The van der Waals surface area contributed by atoms with Crippen molar-refractivity contribution in [2.75, 3.05) is 20.2 Å². The SMILES string of the molecule is COCc1cc(O[C@H]2CCCNC2)ncn1. The molecule has 0 amide bonds. The maximum atomic E-state index is 5.77. The quantitative estimate of drug-likeness (QED) is 0.816. The highest BCUT2D eigenvalue weighted by Gasteiger charge is 2.15. The van der Waals surface area contributed by atoms with Crippen LogP contribution in [0.2, 0.25) is 0 Å². The summed E-state index contributed by atoms with van der Waals surface area (Å²) < 4.78 is 10.8. The van der Waals surface area contributed by atoms with Gasteiger partial charge in [0.15, 0.2) is 0 Å². The highest BCUT2D eigenvalue weighted by atomic mass is 16.5. The largest absolute Gasteiger partial charge is 0.473 e. The molecule has 5 nitrogen and oxygen atoms in total. The van der Waals surface area contributed by atoms with E-state index in [4.69, 9.17) is 9.47 Å². The second kappa shape index (κ2) is 5.77. The summed E-state index contributed by atoms with van der Waals surface area (Å²) >= 11 is 0. The zero-order valence-electron chi connectivity index (χ0n) is 9.48. The Hall–Kier alpha value is -1.20. The fraction of sp³-hybridized carbons (Fsp3) is 0.636. The first kappa shape index (κ1) is 11.3. The maximum absolute atomic E-state index is 5.77. The van der Waals surface area contributed by atoms with Gasteiger partial charge in [0.2, 0.25) is 5.88 Å². The first-order chi connectivity index (χ1) is 7.88. The molecule has 0 aromatic carbocycles. The Bertz CT molecular complexity index is 327. The normalized spacial score (nSPS) is 20.7. The van der Waals surface area contributed by atoms with E-state index in [9.17, 15) is 0 Å². The van der Waals surface area contributed by atoms with Crippen LogP contribution < -0.4 is 10.1 Å². The highest BCUT2D eigenvalue weighted by molar-refractivity contribution is 5.13. The van der Waals surface area contributed by atoms with Gasteiger partial charge in [0, 0.05) is 19.7 Å². The van der Waals surface area contributed by atoms with E-state index in [1.807, 2.05) is 6.07 Å². The van der Waals surface area contributed by atoms with Crippen LogP contribution in [0.3, 0.4) is 0 Å². The molecule has 1 aromatic rings. The third kappa shape index (κ3) is 3.15. The molecule has 2 rings (SSSR count). The van der Waals surface area contributed by atoms with E-state index in [-0.39, 0.29) is 6.10 Å². The van der Waals surface area contributed by atoms with Gasteiger partial charge in [0.1, 0.15) is 12.4 Å². The Kier molecular flexibility index (Phi) is 4.07. The summed E-state index contributed by atoms with van der Waals surface area (Å²) in [4.78, 5) is 8.19. The average molecular weight is 223 g/mol. The summed E-state index contributed by atoms with van der Waals surface area (Å²) in [6.45, 7) is 2.46. The van der Waals surface area contributed by atoms with E-state index in [2.05, 4.69) is 15.3 Å². The van der Waals surface area contributed by atoms with Gasteiger partial charge in [0.25, 0.3) is 0 Å². The van der Waals surface area contributed by atoms with E-state index in [0.717, 1.165) is 31.6 Å². The number of nitrogens with zero attached hydrogens (tertiary/aromatic N) is 2. The minimum atomic E-state index is 0.221. The van der Waals surface area contributed by atoms with E-state index in [1.54, 1.807) is 7.11 Å². The van der Waals surface area contributed by atoms with Crippen molar-refractivity contribution < 1.29 is 9.47 Å². The van der Waals surface area contributed by atoms with Crippen LogP contribution in [0.4, 0.5) is 0 Å². The zero-order chi connectivity index (χ0) is 11.2. The molecule has 0 aliphatic carbocycles. The molecule has 1 aliphatic heterocycles. The minimum Gasteiger partial charge on any atom is -0.473 e. The van der Waals surface area contributed by atoms with Crippen molar-refractivity contribution in [1.29, 1.82) is 0 Å². The molecule has 0 radical (unpaired) electrons. The summed E-state index contributed by atoms with van der Waals surface area (Å²) in [5.41, 5.74) is 0.844. The molecule has 1 aromatic heterocycles. The van der Waals surface area contributed by atoms with E-state index < -0.39 is 0 Å². The third-order valence-electron chi connectivity index (χ3n) is 2.53. The Labute approximate surface area is 95.2 Å². The lowest BCUT2D eigenvalue weighted by atomic mass is 10.1. The average Bonchev–Trinajstić information content (AvgIpc) is 2.31. The molecule has 88 valence electrons. The van der Waals surface area contributed by atoms with Crippen LogP contribution in [-0.2, 0) is 11.3 Å². The van der Waals surface area contributed by atoms with Gasteiger partial charge in [-0.15, -0.1) is 0 Å². The molecule has 2 heterocycles. The van der Waals surface area contributed by atoms with Crippen LogP contribution in [0.15, 0.2) is 12.4 Å². The van der Waals surface area contributed by atoms with Crippen LogP contribution in [0, 0.1) is 0 Å². The Morgan fingerprint density at radius 3 is 3.19 bits per heavy atom. The van der Waals surface area contributed by atoms with Gasteiger partial charge in [-0.1, -0.05) is 0 Å². The number of methoxy groups -OCH3 is 1. The summed E-state index contributed by atoms with van der Waals surface area (Å²) in [6.07, 6.45) is 3.97. The van der Waals surface area contributed by atoms with Crippen molar-refractivity contribution in [2.24, 2.45) is 0 Å². The summed E-state index contributed by atoms with van der Waals surface area (Å²) in [5, 5.41) is 3.30. The van der Waals surface area contributed by atoms with Gasteiger partial charge in [-0.25, -0.2) is 9.97 Å². The molecule has 5 heteroatoms. The summed E-state index contributed by atoms with van der Waals surface area (Å²) in [7, 11) is 1.65.